The van der Waals surface area contributed by atoms with Crippen LogP contribution in [0, 0.1) is 0 Å². The highest BCUT2D eigenvalue weighted by Gasteiger charge is 2.37. The van der Waals surface area contributed by atoms with Gasteiger partial charge in [-0.05, 0) is 41.7 Å². The SMILES string of the molecule is c1ccc(C(CC[NH2+]CC2(c3ccc4c(c3)OCCO4)CCOCC2)c2ccccc2)cc1. The Bertz CT molecular complexity index is 976. The summed E-state index contributed by atoms with van der Waals surface area (Å²) in [4.78, 5) is 0. The van der Waals surface area contributed by atoms with Gasteiger partial charge in [-0.2, -0.15) is 0 Å². The second-order valence-electron chi connectivity index (χ2n) is 9.20. The summed E-state index contributed by atoms with van der Waals surface area (Å²) in [7, 11) is 0. The van der Waals surface area contributed by atoms with Gasteiger partial charge in [-0.25, -0.2) is 0 Å². The van der Waals surface area contributed by atoms with E-state index in [0.29, 0.717) is 19.1 Å². The third-order valence-electron chi connectivity index (χ3n) is 7.20. The van der Waals surface area contributed by atoms with E-state index in [0.717, 1.165) is 57.1 Å². The van der Waals surface area contributed by atoms with Crippen LogP contribution in [-0.2, 0) is 10.2 Å². The second-order valence-corrected chi connectivity index (χ2v) is 9.20. The summed E-state index contributed by atoms with van der Waals surface area (Å²) < 4.78 is 17.4. The van der Waals surface area contributed by atoms with E-state index in [2.05, 4.69) is 84.2 Å². The van der Waals surface area contributed by atoms with Crippen molar-refractivity contribution in [3.63, 3.8) is 0 Å². The van der Waals surface area contributed by atoms with Crippen molar-refractivity contribution >= 4 is 0 Å². The molecule has 172 valence electrons. The maximum absolute atomic E-state index is 5.89. The van der Waals surface area contributed by atoms with Crippen LogP contribution in [0.4, 0.5) is 0 Å². The largest absolute Gasteiger partial charge is 0.486 e. The number of hydrogen-bond acceptors (Lipinski definition) is 3. The Labute approximate surface area is 196 Å². The van der Waals surface area contributed by atoms with E-state index in [1.165, 1.54) is 16.7 Å². The first-order chi connectivity index (χ1) is 16.3. The highest BCUT2D eigenvalue weighted by molar-refractivity contribution is 5.46. The predicted molar refractivity (Wildman–Crippen MR) is 130 cm³/mol. The van der Waals surface area contributed by atoms with Gasteiger partial charge in [0.1, 0.15) is 13.2 Å². The molecule has 0 bridgehead atoms. The molecule has 2 heterocycles. The number of nitrogens with two attached hydrogens (primary N) is 1. The molecule has 1 saturated heterocycles. The molecule has 0 amide bonds. The van der Waals surface area contributed by atoms with Crippen LogP contribution in [0.1, 0.15) is 41.9 Å². The number of hydrogen-bond donors (Lipinski definition) is 1. The summed E-state index contributed by atoms with van der Waals surface area (Å²) in [6.45, 7) is 5.04. The van der Waals surface area contributed by atoms with Crippen molar-refractivity contribution in [1.29, 1.82) is 0 Å². The lowest BCUT2D eigenvalue weighted by Crippen LogP contribution is -2.88. The van der Waals surface area contributed by atoms with Crippen molar-refractivity contribution in [3.8, 4) is 11.5 Å². The molecule has 2 aliphatic rings. The topological polar surface area (TPSA) is 44.3 Å². The summed E-state index contributed by atoms with van der Waals surface area (Å²) in [5.41, 5.74) is 4.26. The minimum absolute atomic E-state index is 0.114. The Kier molecular flexibility index (Phi) is 6.94. The van der Waals surface area contributed by atoms with Crippen LogP contribution >= 0.6 is 0 Å². The molecule has 33 heavy (non-hydrogen) atoms. The van der Waals surface area contributed by atoms with Gasteiger partial charge in [-0.1, -0.05) is 66.7 Å². The molecule has 0 aromatic heterocycles. The van der Waals surface area contributed by atoms with Gasteiger partial charge in [-0.15, -0.1) is 0 Å². The van der Waals surface area contributed by atoms with Crippen LogP contribution in [0.5, 0.6) is 11.5 Å². The number of rotatable bonds is 8. The van der Waals surface area contributed by atoms with Gasteiger partial charge in [-0.3, -0.25) is 0 Å². The molecule has 3 aromatic rings. The molecule has 2 aliphatic heterocycles. The maximum atomic E-state index is 5.89. The molecule has 3 aromatic carbocycles. The van der Waals surface area contributed by atoms with E-state index < -0.39 is 0 Å². The first-order valence-electron chi connectivity index (χ1n) is 12.2. The predicted octanol–water partition coefficient (Wildman–Crippen LogP) is 4.29. The maximum Gasteiger partial charge on any atom is 0.161 e. The van der Waals surface area contributed by atoms with Gasteiger partial charge < -0.3 is 19.5 Å². The van der Waals surface area contributed by atoms with Crippen molar-refractivity contribution in [2.45, 2.75) is 30.6 Å². The van der Waals surface area contributed by atoms with Crippen LogP contribution < -0.4 is 14.8 Å². The molecule has 2 N–H and O–H groups in total. The normalized spacial score (nSPS) is 17.1. The standard InChI is InChI=1S/C29H33NO3/c1-3-7-23(8-4-1)26(24-9-5-2-6-10-24)13-16-30-22-29(14-17-31-18-15-29)25-11-12-27-28(21-25)33-20-19-32-27/h1-12,21,26,30H,13-20,22H2/p+1. The fourth-order valence-corrected chi connectivity index (χ4v) is 5.31. The first kappa shape index (κ1) is 22.0. The van der Waals surface area contributed by atoms with Crippen LogP contribution in [0.25, 0.3) is 0 Å². The van der Waals surface area contributed by atoms with Gasteiger partial charge in [0.15, 0.2) is 11.5 Å². The Balaban J connectivity index is 1.29. The second kappa shape index (κ2) is 10.4. The Hall–Kier alpha value is -2.82. The van der Waals surface area contributed by atoms with Gasteiger partial charge in [0.25, 0.3) is 0 Å². The lowest BCUT2D eigenvalue weighted by molar-refractivity contribution is -0.663. The molecule has 0 saturated carbocycles. The molecule has 5 rings (SSSR count). The van der Waals surface area contributed by atoms with E-state index in [9.17, 15) is 0 Å². The zero-order valence-corrected chi connectivity index (χ0v) is 19.2. The first-order valence-corrected chi connectivity index (χ1v) is 12.2. The van der Waals surface area contributed by atoms with E-state index in [-0.39, 0.29) is 5.41 Å². The number of benzene rings is 3. The summed E-state index contributed by atoms with van der Waals surface area (Å²) in [6.07, 6.45) is 3.20. The average Bonchev–Trinajstić information content (AvgIpc) is 2.90. The molecule has 4 heteroatoms. The van der Waals surface area contributed by atoms with Gasteiger partial charge >= 0.3 is 0 Å². The fraction of sp³-hybridized carbons (Fsp3) is 0.379. The monoisotopic (exact) mass is 444 g/mol. The molecule has 0 radical (unpaired) electrons. The summed E-state index contributed by atoms with van der Waals surface area (Å²) in [5, 5.41) is 2.51. The van der Waals surface area contributed by atoms with Crippen molar-refractivity contribution in [2.75, 3.05) is 39.5 Å². The zero-order valence-electron chi connectivity index (χ0n) is 19.2. The number of ether oxygens (including phenoxy) is 3. The molecule has 0 spiro atoms. The molecular formula is C29H34NO3+. The van der Waals surface area contributed by atoms with Crippen molar-refractivity contribution in [1.82, 2.24) is 0 Å². The molecule has 0 atom stereocenters. The average molecular weight is 445 g/mol. The van der Waals surface area contributed by atoms with Gasteiger partial charge in [0.2, 0.25) is 0 Å². The molecule has 4 nitrogen and oxygen atoms in total. The number of fused-ring (bicyclic) bond motifs is 1. The van der Waals surface area contributed by atoms with Gasteiger partial charge in [0, 0.05) is 31.0 Å². The van der Waals surface area contributed by atoms with E-state index in [1.807, 2.05) is 0 Å². The lowest BCUT2D eigenvalue weighted by Gasteiger charge is -2.37. The molecular weight excluding hydrogens is 410 g/mol. The van der Waals surface area contributed by atoms with Crippen molar-refractivity contribution in [3.05, 3.63) is 95.6 Å². The Morgan fingerprint density at radius 3 is 2.03 bits per heavy atom. The minimum atomic E-state index is 0.114. The van der Waals surface area contributed by atoms with Crippen LogP contribution in [0.2, 0.25) is 0 Å². The Morgan fingerprint density at radius 2 is 1.36 bits per heavy atom. The van der Waals surface area contributed by atoms with Crippen LogP contribution in [-0.4, -0.2) is 39.5 Å². The highest BCUT2D eigenvalue weighted by Crippen LogP contribution is 2.39. The zero-order chi connectivity index (χ0) is 22.3. The van der Waals surface area contributed by atoms with E-state index in [1.54, 1.807) is 0 Å². The number of quaternary nitrogens is 1. The van der Waals surface area contributed by atoms with Crippen LogP contribution in [0.15, 0.2) is 78.9 Å². The van der Waals surface area contributed by atoms with Crippen molar-refractivity contribution < 1.29 is 19.5 Å². The Morgan fingerprint density at radius 1 is 0.727 bits per heavy atom. The molecule has 1 fully saturated rings. The van der Waals surface area contributed by atoms with Crippen molar-refractivity contribution in [2.24, 2.45) is 0 Å². The van der Waals surface area contributed by atoms with E-state index in [4.69, 9.17) is 14.2 Å². The third-order valence-corrected chi connectivity index (χ3v) is 7.20. The summed E-state index contributed by atoms with van der Waals surface area (Å²) >= 11 is 0. The van der Waals surface area contributed by atoms with Crippen LogP contribution in [0.3, 0.4) is 0 Å². The lowest BCUT2D eigenvalue weighted by atomic mass is 9.74. The summed E-state index contributed by atoms with van der Waals surface area (Å²) in [6, 6.07) is 28.3. The minimum Gasteiger partial charge on any atom is -0.486 e. The quantitative estimate of drug-likeness (QED) is 0.527. The summed E-state index contributed by atoms with van der Waals surface area (Å²) in [5.74, 6) is 2.17. The molecule has 0 aliphatic carbocycles. The fourth-order valence-electron chi connectivity index (χ4n) is 5.31. The molecule has 0 unspecified atom stereocenters. The van der Waals surface area contributed by atoms with Gasteiger partial charge in [0.05, 0.1) is 13.1 Å². The van der Waals surface area contributed by atoms with E-state index >= 15 is 0 Å². The smallest absolute Gasteiger partial charge is 0.161 e. The third kappa shape index (κ3) is 5.07. The highest BCUT2D eigenvalue weighted by atomic mass is 16.6.